The second-order valence-corrected chi connectivity index (χ2v) is 33.0. The van der Waals surface area contributed by atoms with Crippen LogP contribution >= 0.6 is 0 Å². The lowest BCUT2D eigenvalue weighted by Crippen LogP contribution is -2.69. The molecule has 2 aliphatic heterocycles. The topological polar surface area (TPSA) is 0 Å². The number of quaternary nitrogens is 1. The molecule has 12 aromatic carbocycles. The highest BCUT2D eigenvalue weighted by Crippen LogP contribution is 2.69. The van der Waals surface area contributed by atoms with Crippen LogP contribution in [0.5, 0.6) is 0 Å². The van der Waals surface area contributed by atoms with Gasteiger partial charge in [0.05, 0.1) is 0 Å². The molecule has 0 bridgehead atoms. The van der Waals surface area contributed by atoms with Crippen LogP contribution in [0.2, 0.25) is 0 Å². The Morgan fingerprint density at radius 2 is 0.352 bits per heavy atom. The molecular formula is C92H40F52N+. The average molecular weight is 2150 g/mol. The van der Waals surface area contributed by atoms with E-state index in [4.69, 9.17) is 0 Å². The highest BCUT2D eigenvalue weighted by Gasteiger charge is 2.96. The van der Waals surface area contributed by atoms with Gasteiger partial charge in [0.1, 0.15) is 24.8 Å². The summed E-state index contributed by atoms with van der Waals surface area (Å²) in [6.45, 7) is 0. The summed E-state index contributed by atoms with van der Waals surface area (Å²) in [5.41, 5.74) is -24.6. The van der Waals surface area contributed by atoms with E-state index >= 15 is 105 Å². The number of hydrogen-bond acceptors (Lipinski definition) is 0. The van der Waals surface area contributed by atoms with E-state index in [0.717, 1.165) is 0 Å². The SMILES string of the molecule is FC(F)(F)C(F)(F)C(F)(F)C(F)(F)C(F)(F)C(F)(F)c1cc(-c2ccc(-c3cc4ccccc4c4c3=C[N+]3(C=c5ccc6ccccc6c5=c5c(ccc6ccccc56)=C3)C=c3c(-c5ccc(-c6cc(C(F)(F)C(F)(F)C(F)(F)C(F)(F)C(F)(F)C(F)(F)F)cc(C(F)(F)C(F)(F)C(F)(F)C(F)(F)C(F)(F)C(F)(F)F)c6)cc5)cc5ccccc5c3=4)cc2)cc(C(F)(F)C(F)(F)C(F)(F)C(F)(F)C(F)(F)C(F)(F)F)c1. The first-order valence-electron chi connectivity index (χ1n) is 39.4. The van der Waals surface area contributed by atoms with Crippen molar-refractivity contribution in [1.29, 1.82) is 0 Å². The first-order valence-corrected chi connectivity index (χ1v) is 39.4. The van der Waals surface area contributed by atoms with E-state index in [9.17, 15) is 123 Å². The van der Waals surface area contributed by atoms with Crippen molar-refractivity contribution in [2.75, 3.05) is 0 Å². The predicted octanol–water partition coefficient (Wildman–Crippen LogP) is 30.8. The molecule has 0 radical (unpaired) electrons. The molecule has 776 valence electrons. The minimum absolute atomic E-state index is 0.0173. The van der Waals surface area contributed by atoms with Gasteiger partial charge in [0.25, 0.3) is 0 Å². The lowest BCUT2D eigenvalue weighted by Gasteiger charge is -2.41. The fourth-order valence-electron chi connectivity index (χ4n) is 16.3. The number of benzene rings is 12. The third-order valence-electron chi connectivity index (χ3n) is 24.1. The Morgan fingerprint density at radius 3 is 0.579 bits per heavy atom. The Kier molecular flexibility index (Phi) is 24.4. The van der Waals surface area contributed by atoms with Crippen molar-refractivity contribution in [1.82, 2.24) is 0 Å². The van der Waals surface area contributed by atoms with Gasteiger partial charge in [-0.2, -0.15) is 228 Å². The molecule has 12 aromatic rings. The number of hydrogen-bond donors (Lipinski definition) is 0. The van der Waals surface area contributed by atoms with Gasteiger partial charge in [-0.05, 0) is 148 Å². The van der Waals surface area contributed by atoms with E-state index < -0.39 is 240 Å². The predicted molar refractivity (Wildman–Crippen MR) is 408 cm³/mol. The number of alkyl halides is 52. The third-order valence-corrected chi connectivity index (χ3v) is 24.1. The first-order chi connectivity index (χ1) is 65.6. The molecule has 14 rings (SSSR count). The zero-order valence-corrected chi connectivity index (χ0v) is 69.2. The van der Waals surface area contributed by atoms with Crippen molar-refractivity contribution < 1.29 is 233 Å². The van der Waals surface area contributed by atoms with Crippen molar-refractivity contribution in [2.45, 2.75) is 143 Å². The largest absolute Gasteiger partial charge is 0.460 e. The van der Waals surface area contributed by atoms with Crippen LogP contribution in [0.4, 0.5) is 228 Å². The van der Waals surface area contributed by atoms with Gasteiger partial charge >= 0.3 is 143 Å². The molecule has 0 fully saturated rings. The molecule has 0 saturated heterocycles. The second-order valence-electron chi connectivity index (χ2n) is 33.0. The van der Waals surface area contributed by atoms with E-state index in [-0.39, 0.29) is 88.2 Å². The highest BCUT2D eigenvalue weighted by atomic mass is 19.5. The summed E-state index contributed by atoms with van der Waals surface area (Å²) in [4.78, 5) is 0. The van der Waals surface area contributed by atoms with E-state index in [2.05, 4.69) is 0 Å². The molecule has 145 heavy (non-hydrogen) atoms. The van der Waals surface area contributed by atoms with Crippen molar-refractivity contribution in [3.05, 3.63) is 282 Å². The Morgan fingerprint density at radius 1 is 0.152 bits per heavy atom. The molecule has 2 aliphatic rings. The zero-order chi connectivity index (χ0) is 109. The average Bonchev–Trinajstić information content (AvgIpc) is 1.71. The molecular weight excluding hydrogens is 2110 g/mol. The van der Waals surface area contributed by atoms with Crippen LogP contribution in [0.25, 0.3) is 112 Å². The first kappa shape index (κ1) is 108. The molecule has 0 amide bonds. The fourth-order valence-corrected chi connectivity index (χ4v) is 16.3. The molecule has 1 nitrogen and oxygen atoms in total. The van der Waals surface area contributed by atoms with E-state index in [0.29, 0.717) is 56.2 Å². The fraction of sp³-hybridized carbons (Fsp3) is 0.261. The van der Waals surface area contributed by atoms with Crippen molar-refractivity contribution in [3.8, 4) is 44.5 Å². The van der Waals surface area contributed by atoms with Crippen molar-refractivity contribution in [2.24, 2.45) is 0 Å². The van der Waals surface area contributed by atoms with E-state index in [1.807, 2.05) is 0 Å². The maximum absolute atomic E-state index is 16.5. The van der Waals surface area contributed by atoms with Crippen LogP contribution in [-0.2, 0) is 23.7 Å². The normalized spacial score (nSPS) is 15.6. The Balaban J connectivity index is 1.07. The van der Waals surface area contributed by atoms with E-state index in [1.165, 1.54) is 110 Å². The number of fused-ring (bicyclic) bond motifs is 12. The molecule has 1 spiro atoms. The maximum Gasteiger partial charge on any atom is 0.460 e. The summed E-state index contributed by atoms with van der Waals surface area (Å²) in [6.07, 6.45) is -27.3. The highest BCUT2D eigenvalue weighted by molar-refractivity contribution is 5.95. The molecule has 2 heterocycles. The van der Waals surface area contributed by atoms with Gasteiger partial charge in [-0.25, -0.2) is 4.48 Å². The van der Waals surface area contributed by atoms with Crippen molar-refractivity contribution in [3.63, 3.8) is 0 Å². The summed E-state index contributed by atoms with van der Waals surface area (Å²) in [6, 6.07) is 26.6. The van der Waals surface area contributed by atoms with Gasteiger partial charge in [-0.3, -0.25) is 0 Å². The van der Waals surface area contributed by atoms with Gasteiger partial charge in [0.15, 0.2) is 0 Å². The minimum Gasteiger partial charge on any atom is -0.217 e. The molecule has 0 aliphatic carbocycles. The van der Waals surface area contributed by atoms with Crippen LogP contribution in [0.1, 0.15) is 22.3 Å². The van der Waals surface area contributed by atoms with Gasteiger partial charge < -0.3 is 0 Å². The van der Waals surface area contributed by atoms with Crippen LogP contribution in [0.3, 0.4) is 0 Å². The molecule has 0 aromatic heterocycles. The number of rotatable bonds is 24. The summed E-state index contributed by atoms with van der Waals surface area (Å²) >= 11 is 0. The molecule has 0 N–H and O–H groups in total. The van der Waals surface area contributed by atoms with Crippen LogP contribution in [0.15, 0.2) is 218 Å². The summed E-state index contributed by atoms with van der Waals surface area (Å²) in [7, 11) is 0. The zero-order valence-electron chi connectivity index (χ0n) is 69.2. The van der Waals surface area contributed by atoms with Gasteiger partial charge in [-0.1, -0.05) is 158 Å². The lowest BCUT2D eigenvalue weighted by atomic mass is 9.85. The Bertz CT molecular complexity index is 7080. The van der Waals surface area contributed by atoms with E-state index in [1.54, 1.807) is 48.5 Å². The van der Waals surface area contributed by atoms with Crippen LogP contribution in [0, 0.1) is 20.9 Å². The van der Waals surface area contributed by atoms with Gasteiger partial charge in [-0.15, -0.1) is 0 Å². The van der Waals surface area contributed by atoms with Gasteiger partial charge in [0, 0.05) is 64.0 Å². The summed E-state index contributed by atoms with van der Waals surface area (Å²) in [5.74, 6) is -173. The summed E-state index contributed by atoms with van der Waals surface area (Å²) < 4.78 is 771. The molecule has 0 atom stereocenters. The Labute approximate surface area is 768 Å². The molecule has 53 heteroatoms. The van der Waals surface area contributed by atoms with Crippen LogP contribution in [-0.4, -0.2) is 124 Å². The number of halogens is 52. The quantitative estimate of drug-likeness (QED) is 0.0418. The Hall–Kier alpha value is -12.5. The third kappa shape index (κ3) is 15.1. The standard InChI is InChI=1S/C92H40F52N/c93-69(94,73(101,102)77(109,110)81(117,118)85(125,126)89(133,134)135)53-29-51(30-54(35-53)70(95,96)74(103,104)78(111,112)82(119,120)86(127,128)90(136,137)138)41-17-21-45(22-18-41)61-33-47-11-3-7-15-59(47)67-63(61)39-145(37-49-27-25-43-9-1-5-13-57(43)65(49)66-50(38-145)28-26-44-10-2-6-14-58(44)66)40-64-62(34-48-12-4-8-16-60(48)68(64)67)46-23-19-42(20-24-46)52-31-55(71(97,98)75(105,106)79(113,114)83(121,122)87(129,130)91(139,140)141)36-56(32-52)72(99,100)76(107,108)80(115,116)84(123,124)88(131,132)92(142,143)144/h1-40H/q+1. The molecule has 0 unspecified atom stereocenters. The summed E-state index contributed by atoms with van der Waals surface area (Å²) in [5, 5.41) is 1.73. The van der Waals surface area contributed by atoms with Crippen molar-refractivity contribution >= 4 is 67.9 Å². The minimum atomic E-state index is -9.00. The second kappa shape index (κ2) is 32.7. The lowest BCUT2D eigenvalue weighted by molar-refractivity contribution is -0.583. The van der Waals surface area contributed by atoms with Crippen LogP contribution < -0.4 is 20.9 Å². The molecule has 0 saturated carbocycles. The maximum atomic E-state index is 16.5. The monoisotopic (exact) mass is 2150 g/mol. The number of nitrogens with zero attached hydrogens (tertiary/aromatic N) is 1. The smallest absolute Gasteiger partial charge is 0.217 e. The van der Waals surface area contributed by atoms with Gasteiger partial charge in [0.2, 0.25) is 0 Å².